The molecule has 0 aliphatic heterocycles. The highest BCUT2D eigenvalue weighted by molar-refractivity contribution is 6.30. The van der Waals surface area contributed by atoms with Gasteiger partial charge in [-0.15, -0.1) is 0 Å². The van der Waals surface area contributed by atoms with E-state index in [0.717, 1.165) is 17.3 Å². The van der Waals surface area contributed by atoms with Crippen LogP contribution in [0.2, 0.25) is 5.02 Å². The van der Waals surface area contributed by atoms with Gasteiger partial charge in [-0.3, -0.25) is 0 Å². The normalized spacial score (nSPS) is 9.89. The summed E-state index contributed by atoms with van der Waals surface area (Å²) in [6.07, 6.45) is 0. The molecule has 0 heterocycles. The lowest BCUT2D eigenvalue weighted by Gasteiger charge is -2.22. The Morgan fingerprint density at radius 3 is 2.33 bits per heavy atom. The summed E-state index contributed by atoms with van der Waals surface area (Å²) < 4.78 is 5.30. The molecule has 18 heavy (non-hydrogen) atoms. The second-order valence-electron chi connectivity index (χ2n) is 4.36. The van der Waals surface area contributed by atoms with Crippen LogP contribution < -0.4 is 4.74 Å². The third kappa shape index (κ3) is 3.81. The highest BCUT2D eigenvalue weighted by atomic mass is 35.5. The number of nitrogens with zero attached hydrogens (tertiary/aromatic N) is 3. The van der Waals surface area contributed by atoms with Gasteiger partial charge in [0.15, 0.2) is 5.96 Å². The van der Waals surface area contributed by atoms with E-state index < -0.39 is 0 Å². The maximum absolute atomic E-state index is 5.93. The fourth-order valence-electron chi connectivity index (χ4n) is 1.69. The van der Waals surface area contributed by atoms with E-state index in [0.29, 0.717) is 11.6 Å². The summed E-state index contributed by atoms with van der Waals surface area (Å²) in [7, 11) is 9.52. The molecule has 0 fully saturated rings. The minimum absolute atomic E-state index is 0.562. The summed E-state index contributed by atoms with van der Waals surface area (Å²) in [6, 6.07) is 5.59. The first kappa shape index (κ1) is 14.6. The summed E-state index contributed by atoms with van der Waals surface area (Å²) in [5.41, 5.74) is 1.02. The number of benzene rings is 1. The fourth-order valence-corrected chi connectivity index (χ4v) is 1.85. The maximum atomic E-state index is 5.93. The molecule has 0 atom stereocenters. The number of guanidine groups is 1. The number of rotatable bonds is 3. The van der Waals surface area contributed by atoms with Crippen molar-refractivity contribution >= 4 is 17.6 Å². The monoisotopic (exact) mass is 269 g/mol. The van der Waals surface area contributed by atoms with E-state index in [1.54, 1.807) is 13.2 Å². The van der Waals surface area contributed by atoms with Gasteiger partial charge in [-0.05, 0) is 12.1 Å². The van der Waals surface area contributed by atoms with Gasteiger partial charge in [-0.1, -0.05) is 17.7 Å². The maximum Gasteiger partial charge on any atom is 0.195 e. The average molecular weight is 270 g/mol. The van der Waals surface area contributed by atoms with Gasteiger partial charge in [0.1, 0.15) is 5.75 Å². The number of aliphatic imine (C=N–C) groups is 1. The molecular formula is C13H20ClN3O. The molecule has 0 bridgehead atoms. The predicted molar refractivity (Wildman–Crippen MR) is 76.5 cm³/mol. The van der Waals surface area contributed by atoms with E-state index in [4.69, 9.17) is 16.3 Å². The van der Waals surface area contributed by atoms with Gasteiger partial charge in [0.2, 0.25) is 0 Å². The number of halogens is 1. The molecule has 1 rings (SSSR count). The molecule has 0 radical (unpaired) electrons. The largest absolute Gasteiger partial charge is 0.496 e. The van der Waals surface area contributed by atoms with Crippen molar-refractivity contribution in [3.8, 4) is 5.75 Å². The highest BCUT2D eigenvalue weighted by Gasteiger charge is 2.07. The smallest absolute Gasteiger partial charge is 0.195 e. The lowest BCUT2D eigenvalue weighted by molar-refractivity contribution is 0.409. The summed E-state index contributed by atoms with van der Waals surface area (Å²) >= 11 is 5.93. The average Bonchev–Trinajstić information content (AvgIpc) is 2.30. The number of ether oxygens (including phenoxy) is 1. The topological polar surface area (TPSA) is 28.1 Å². The number of hydrogen-bond acceptors (Lipinski definition) is 2. The lowest BCUT2D eigenvalue weighted by Crippen LogP contribution is -2.35. The second kappa shape index (κ2) is 6.50. The van der Waals surface area contributed by atoms with Crippen LogP contribution in [0.5, 0.6) is 5.75 Å². The Hall–Kier alpha value is -1.42. The minimum Gasteiger partial charge on any atom is -0.496 e. The van der Waals surface area contributed by atoms with Crippen LogP contribution in [0, 0.1) is 0 Å². The Bertz CT molecular complexity index is 420. The Morgan fingerprint density at radius 2 is 1.83 bits per heavy atom. The van der Waals surface area contributed by atoms with Crippen molar-refractivity contribution < 1.29 is 4.74 Å². The quantitative estimate of drug-likeness (QED) is 0.623. The molecule has 0 saturated heterocycles. The zero-order valence-electron chi connectivity index (χ0n) is 11.6. The molecule has 0 aliphatic rings. The van der Waals surface area contributed by atoms with Crippen molar-refractivity contribution in [3.05, 3.63) is 28.8 Å². The Labute approximate surface area is 114 Å². The molecular weight excluding hydrogens is 250 g/mol. The fraction of sp³-hybridized carbons (Fsp3) is 0.462. The molecule has 0 aromatic heterocycles. The molecule has 1 aromatic rings. The molecule has 4 nitrogen and oxygen atoms in total. The van der Waals surface area contributed by atoms with Crippen molar-refractivity contribution in [1.29, 1.82) is 0 Å². The van der Waals surface area contributed by atoms with Gasteiger partial charge in [-0.25, -0.2) is 4.99 Å². The molecule has 0 amide bonds. The first-order chi connectivity index (χ1) is 8.45. The van der Waals surface area contributed by atoms with Gasteiger partial charge >= 0.3 is 0 Å². The molecule has 1 aromatic carbocycles. The van der Waals surface area contributed by atoms with Crippen molar-refractivity contribution in [2.75, 3.05) is 35.3 Å². The van der Waals surface area contributed by atoms with Gasteiger partial charge in [0, 0.05) is 38.8 Å². The SMILES string of the molecule is COc1cc(Cl)ccc1CN=C(N(C)C)N(C)C. The third-order valence-electron chi connectivity index (χ3n) is 2.44. The van der Waals surface area contributed by atoms with Crippen LogP contribution in [0.3, 0.4) is 0 Å². The summed E-state index contributed by atoms with van der Waals surface area (Å²) in [5, 5.41) is 0.667. The third-order valence-corrected chi connectivity index (χ3v) is 2.68. The minimum atomic E-state index is 0.562. The highest BCUT2D eigenvalue weighted by Crippen LogP contribution is 2.23. The first-order valence-corrected chi connectivity index (χ1v) is 6.05. The standard InChI is InChI=1S/C13H20ClN3O/c1-16(2)13(17(3)4)15-9-10-6-7-11(14)8-12(10)18-5/h6-8H,9H2,1-5H3. The second-order valence-corrected chi connectivity index (χ2v) is 4.80. The van der Waals surface area contributed by atoms with Crippen LogP contribution in [-0.4, -0.2) is 51.1 Å². The van der Waals surface area contributed by atoms with E-state index in [1.807, 2.05) is 50.1 Å². The molecule has 0 saturated carbocycles. The summed E-state index contributed by atoms with van der Waals surface area (Å²) in [4.78, 5) is 8.53. The summed E-state index contributed by atoms with van der Waals surface area (Å²) in [5.74, 6) is 1.68. The van der Waals surface area contributed by atoms with Crippen LogP contribution >= 0.6 is 11.6 Å². The van der Waals surface area contributed by atoms with E-state index in [1.165, 1.54) is 0 Å². The van der Waals surface area contributed by atoms with E-state index in [-0.39, 0.29) is 0 Å². The van der Waals surface area contributed by atoms with Gasteiger partial charge in [-0.2, -0.15) is 0 Å². The van der Waals surface area contributed by atoms with E-state index >= 15 is 0 Å². The molecule has 100 valence electrons. The molecule has 0 aliphatic carbocycles. The predicted octanol–water partition coefficient (Wildman–Crippen LogP) is 2.33. The van der Waals surface area contributed by atoms with Crippen molar-refractivity contribution in [2.24, 2.45) is 4.99 Å². The summed E-state index contributed by atoms with van der Waals surface area (Å²) in [6.45, 7) is 0.562. The van der Waals surface area contributed by atoms with Crippen LogP contribution in [0.4, 0.5) is 0 Å². The van der Waals surface area contributed by atoms with Crippen LogP contribution in [0.15, 0.2) is 23.2 Å². The van der Waals surface area contributed by atoms with Crippen LogP contribution in [0.25, 0.3) is 0 Å². The van der Waals surface area contributed by atoms with Crippen molar-refractivity contribution in [3.63, 3.8) is 0 Å². The van der Waals surface area contributed by atoms with Crippen molar-refractivity contribution in [1.82, 2.24) is 9.80 Å². The lowest BCUT2D eigenvalue weighted by atomic mass is 10.2. The zero-order chi connectivity index (χ0) is 13.7. The number of methoxy groups -OCH3 is 1. The Balaban J connectivity index is 2.94. The van der Waals surface area contributed by atoms with Gasteiger partial charge in [0.05, 0.1) is 13.7 Å². The first-order valence-electron chi connectivity index (χ1n) is 5.67. The van der Waals surface area contributed by atoms with Gasteiger partial charge in [0.25, 0.3) is 0 Å². The van der Waals surface area contributed by atoms with Gasteiger partial charge < -0.3 is 14.5 Å². The van der Waals surface area contributed by atoms with Crippen molar-refractivity contribution in [2.45, 2.75) is 6.54 Å². The molecule has 5 heteroatoms. The number of hydrogen-bond donors (Lipinski definition) is 0. The van der Waals surface area contributed by atoms with Crippen LogP contribution in [-0.2, 0) is 6.54 Å². The molecule has 0 unspecified atom stereocenters. The van der Waals surface area contributed by atoms with E-state index in [2.05, 4.69) is 4.99 Å². The molecule has 0 N–H and O–H groups in total. The Morgan fingerprint density at radius 1 is 1.22 bits per heavy atom. The molecule has 0 spiro atoms. The van der Waals surface area contributed by atoms with Crippen LogP contribution in [0.1, 0.15) is 5.56 Å². The Kier molecular flexibility index (Phi) is 5.28. The zero-order valence-corrected chi connectivity index (χ0v) is 12.3. The van der Waals surface area contributed by atoms with E-state index in [9.17, 15) is 0 Å².